The molecule has 0 N–H and O–H groups in total. The summed E-state index contributed by atoms with van der Waals surface area (Å²) >= 11 is 0. The zero-order chi connectivity index (χ0) is 31.8. The third kappa shape index (κ3) is 4.04. The summed E-state index contributed by atoms with van der Waals surface area (Å²) in [7, 11) is 0. The molecule has 4 heteroatoms. The van der Waals surface area contributed by atoms with Gasteiger partial charge in [0.15, 0.2) is 17.5 Å². The lowest BCUT2D eigenvalue weighted by molar-refractivity contribution is -0.0399. The molecule has 11 rings (SSSR count). The van der Waals surface area contributed by atoms with Crippen molar-refractivity contribution in [2.45, 2.75) is 37.5 Å². The maximum atomic E-state index is 10.3. The molecule has 48 heavy (non-hydrogen) atoms. The smallest absolute Gasteiger partial charge is 0.164 e. The first-order valence-corrected chi connectivity index (χ1v) is 17.3. The van der Waals surface area contributed by atoms with E-state index in [-0.39, 0.29) is 5.41 Å². The van der Waals surface area contributed by atoms with Gasteiger partial charge in [-0.05, 0) is 102 Å². The van der Waals surface area contributed by atoms with Crippen molar-refractivity contribution in [2.75, 3.05) is 0 Å². The minimum atomic E-state index is 0.00193. The van der Waals surface area contributed by atoms with Gasteiger partial charge < -0.3 is 0 Å². The second-order valence-corrected chi connectivity index (χ2v) is 14.4. The van der Waals surface area contributed by atoms with Crippen LogP contribution in [0.3, 0.4) is 0 Å². The Bertz CT molecular complexity index is 2180. The van der Waals surface area contributed by atoms with E-state index in [2.05, 4.69) is 60.7 Å². The van der Waals surface area contributed by atoms with Crippen LogP contribution in [0.2, 0.25) is 0 Å². The fraction of sp³-hybridized carbons (Fsp3) is 0.227. The Morgan fingerprint density at radius 3 is 1.67 bits per heavy atom. The molecule has 0 aliphatic heterocycles. The van der Waals surface area contributed by atoms with Crippen LogP contribution in [0.1, 0.15) is 48.8 Å². The quantitative estimate of drug-likeness (QED) is 0.197. The van der Waals surface area contributed by atoms with Crippen LogP contribution in [0.4, 0.5) is 0 Å². The van der Waals surface area contributed by atoms with Gasteiger partial charge in [0.1, 0.15) is 0 Å². The Morgan fingerprint density at radius 1 is 0.500 bits per heavy atom. The Labute approximate surface area is 281 Å². The van der Waals surface area contributed by atoms with E-state index in [1.807, 2.05) is 66.7 Å². The van der Waals surface area contributed by atoms with Gasteiger partial charge in [0, 0.05) is 27.7 Å². The van der Waals surface area contributed by atoms with Gasteiger partial charge in [0.2, 0.25) is 0 Å². The maximum absolute atomic E-state index is 10.3. The molecule has 0 unspecified atom stereocenters. The Kier molecular flexibility index (Phi) is 6.09. The van der Waals surface area contributed by atoms with Gasteiger partial charge >= 0.3 is 0 Å². The lowest BCUT2D eigenvalue weighted by atomic mass is 9.43. The second-order valence-electron chi connectivity index (χ2n) is 14.4. The SMILES string of the molecule is N#Cc1cccc2c1-c1ccc(-c3cccc(-c4nc(-c5ccccc5)nc(-c5ccccc5)n4)c3)cc1C21C2CC3CC(C2)CC1C3. The van der Waals surface area contributed by atoms with E-state index in [9.17, 15) is 5.26 Å². The highest BCUT2D eigenvalue weighted by Gasteiger charge is 2.61. The molecular weight excluding hydrogens is 585 g/mol. The predicted octanol–water partition coefficient (Wildman–Crippen LogP) is 10.1. The first-order valence-electron chi connectivity index (χ1n) is 17.3. The Hall–Kier alpha value is -5.40. The summed E-state index contributed by atoms with van der Waals surface area (Å²) in [6.45, 7) is 0. The Morgan fingerprint density at radius 2 is 1.04 bits per heavy atom. The summed E-state index contributed by atoms with van der Waals surface area (Å²) < 4.78 is 0. The van der Waals surface area contributed by atoms with Crippen LogP contribution in [0.5, 0.6) is 0 Å². The van der Waals surface area contributed by atoms with Crippen molar-refractivity contribution >= 4 is 0 Å². The third-order valence-electron chi connectivity index (χ3n) is 11.9. The second kappa shape index (κ2) is 10.6. The van der Waals surface area contributed by atoms with Gasteiger partial charge in [0.05, 0.1) is 11.6 Å². The van der Waals surface area contributed by atoms with Gasteiger partial charge in [-0.25, -0.2) is 15.0 Å². The van der Waals surface area contributed by atoms with Crippen molar-refractivity contribution in [2.24, 2.45) is 23.7 Å². The predicted molar refractivity (Wildman–Crippen MR) is 190 cm³/mol. The zero-order valence-corrected chi connectivity index (χ0v) is 26.7. The molecule has 5 aliphatic rings. The molecule has 0 radical (unpaired) electrons. The maximum Gasteiger partial charge on any atom is 0.164 e. The van der Waals surface area contributed by atoms with Crippen LogP contribution >= 0.6 is 0 Å². The molecule has 0 saturated heterocycles. The topological polar surface area (TPSA) is 62.5 Å². The summed E-state index contributed by atoms with van der Waals surface area (Å²) in [6.07, 6.45) is 6.68. The average Bonchev–Trinajstić information content (AvgIpc) is 3.44. The number of nitriles is 1. The summed E-state index contributed by atoms with van der Waals surface area (Å²) in [5.74, 6) is 5.01. The number of benzene rings is 5. The van der Waals surface area contributed by atoms with Crippen LogP contribution in [0.25, 0.3) is 56.4 Å². The van der Waals surface area contributed by atoms with E-state index >= 15 is 0 Å². The molecule has 4 saturated carbocycles. The molecule has 5 aromatic carbocycles. The molecule has 0 amide bonds. The molecule has 1 heterocycles. The molecule has 1 spiro atoms. The van der Waals surface area contributed by atoms with E-state index in [1.54, 1.807) is 0 Å². The van der Waals surface area contributed by atoms with Crippen LogP contribution in [-0.4, -0.2) is 15.0 Å². The lowest BCUT2D eigenvalue weighted by Crippen LogP contribution is -2.55. The molecular formula is C44H34N4. The summed E-state index contributed by atoms with van der Waals surface area (Å²) in [6, 6.07) is 45.0. The zero-order valence-electron chi connectivity index (χ0n) is 26.7. The van der Waals surface area contributed by atoms with Gasteiger partial charge in [0.25, 0.3) is 0 Å². The molecule has 4 nitrogen and oxygen atoms in total. The molecule has 230 valence electrons. The molecule has 4 bridgehead atoms. The Balaban J connectivity index is 1.12. The van der Waals surface area contributed by atoms with Crippen LogP contribution in [-0.2, 0) is 5.41 Å². The van der Waals surface area contributed by atoms with Crippen molar-refractivity contribution < 1.29 is 0 Å². The molecule has 1 aromatic heterocycles. The van der Waals surface area contributed by atoms with E-state index < -0.39 is 0 Å². The summed E-state index contributed by atoms with van der Waals surface area (Å²) in [5.41, 5.74) is 11.4. The van der Waals surface area contributed by atoms with Gasteiger partial charge in [-0.15, -0.1) is 0 Å². The highest BCUT2D eigenvalue weighted by molar-refractivity contribution is 5.88. The molecule has 0 atom stereocenters. The fourth-order valence-corrected chi connectivity index (χ4v) is 10.3. The monoisotopic (exact) mass is 618 g/mol. The van der Waals surface area contributed by atoms with Crippen LogP contribution in [0.15, 0.2) is 121 Å². The van der Waals surface area contributed by atoms with Crippen molar-refractivity contribution in [3.8, 4) is 62.5 Å². The molecule has 4 fully saturated rings. The molecule has 5 aliphatic carbocycles. The lowest BCUT2D eigenvalue weighted by Gasteiger charge is -2.61. The minimum absolute atomic E-state index is 0.00193. The van der Waals surface area contributed by atoms with Crippen LogP contribution < -0.4 is 0 Å². The van der Waals surface area contributed by atoms with E-state index in [0.717, 1.165) is 39.7 Å². The number of aromatic nitrogens is 3. The third-order valence-corrected chi connectivity index (χ3v) is 11.9. The van der Waals surface area contributed by atoms with E-state index in [0.29, 0.717) is 29.3 Å². The number of rotatable bonds is 4. The summed E-state index contributed by atoms with van der Waals surface area (Å²) in [5, 5.41) is 10.3. The van der Waals surface area contributed by atoms with Crippen LogP contribution in [0, 0.1) is 35.0 Å². The molecule has 6 aromatic rings. The highest BCUT2D eigenvalue weighted by atomic mass is 15.0. The standard InChI is InChI=1S/C44H34N4/c45-26-34-15-8-16-38-40(34)37-18-17-32(25-39(37)44(38)35-20-27-19-28(22-35)23-36(44)21-27)31-13-7-14-33(24-31)43-47-41(29-9-3-1-4-10-29)46-42(48-43)30-11-5-2-6-12-30/h1-18,24-25,27-28,35-36H,19-23H2. The average molecular weight is 619 g/mol. The van der Waals surface area contributed by atoms with Crippen molar-refractivity contribution in [3.63, 3.8) is 0 Å². The number of hydrogen-bond acceptors (Lipinski definition) is 4. The number of fused-ring (bicyclic) bond motifs is 3. The van der Waals surface area contributed by atoms with Gasteiger partial charge in [-0.2, -0.15) is 5.26 Å². The van der Waals surface area contributed by atoms with Crippen molar-refractivity contribution in [1.82, 2.24) is 15.0 Å². The summed E-state index contributed by atoms with van der Waals surface area (Å²) in [4.78, 5) is 14.9. The first kappa shape index (κ1) is 27.7. The largest absolute Gasteiger partial charge is 0.208 e. The van der Waals surface area contributed by atoms with Gasteiger partial charge in [-0.3, -0.25) is 0 Å². The number of nitrogens with zero attached hydrogens (tertiary/aromatic N) is 4. The van der Waals surface area contributed by atoms with Gasteiger partial charge in [-0.1, -0.05) is 103 Å². The van der Waals surface area contributed by atoms with E-state index in [1.165, 1.54) is 59.9 Å². The van der Waals surface area contributed by atoms with E-state index in [4.69, 9.17) is 15.0 Å². The number of hydrogen-bond donors (Lipinski definition) is 0. The fourth-order valence-electron chi connectivity index (χ4n) is 10.3. The van der Waals surface area contributed by atoms with Crippen molar-refractivity contribution in [1.29, 1.82) is 5.26 Å². The first-order chi connectivity index (χ1) is 23.7. The minimum Gasteiger partial charge on any atom is -0.208 e. The highest BCUT2D eigenvalue weighted by Crippen LogP contribution is 2.69. The van der Waals surface area contributed by atoms with Crippen molar-refractivity contribution in [3.05, 3.63) is 138 Å². The normalized spacial score (nSPS) is 24.3.